The first-order valence-electron chi connectivity index (χ1n) is 9.72. The standard InChI is InChI=1S/C19H28N4O4S/c1-11(2)10-13-14(17(25)22-5-7-27-8-6-22)15(13)18(26)23(16(24)12(3)20)19-21-4-9-28-19/h4,9,11-15H,5-8,10,20H2,1-3H3/t12-,13-,14?,15-/m1/s1. The van der Waals surface area contributed by atoms with Crippen LogP contribution in [0.2, 0.25) is 0 Å². The number of imide groups is 1. The number of carbonyl (C=O) groups excluding carboxylic acids is 3. The summed E-state index contributed by atoms with van der Waals surface area (Å²) in [5.41, 5.74) is 5.77. The van der Waals surface area contributed by atoms with Crippen molar-refractivity contribution in [3.8, 4) is 0 Å². The topological polar surface area (TPSA) is 106 Å². The number of hydrogen-bond donors (Lipinski definition) is 1. The van der Waals surface area contributed by atoms with Gasteiger partial charge in [-0.2, -0.15) is 0 Å². The third-order valence-electron chi connectivity index (χ3n) is 5.25. The highest BCUT2D eigenvalue weighted by Crippen LogP contribution is 2.52. The van der Waals surface area contributed by atoms with E-state index >= 15 is 0 Å². The van der Waals surface area contributed by atoms with E-state index in [0.717, 1.165) is 11.3 Å². The number of hydrogen-bond acceptors (Lipinski definition) is 7. The van der Waals surface area contributed by atoms with Gasteiger partial charge in [0, 0.05) is 24.7 Å². The van der Waals surface area contributed by atoms with Crippen LogP contribution in [0.3, 0.4) is 0 Å². The molecule has 154 valence electrons. The number of nitrogens with zero attached hydrogens (tertiary/aromatic N) is 3. The molecular weight excluding hydrogens is 380 g/mol. The molecule has 0 aromatic carbocycles. The van der Waals surface area contributed by atoms with Crippen molar-refractivity contribution in [3.05, 3.63) is 11.6 Å². The monoisotopic (exact) mass is 408 g/mol. The number of carbonyl (C=O) groups is 3. The molecule has 0 spiro atoms. The summed E-state index contributed by atoms with van der Waals surface area (Å²) in [6.45, 7) is 7.80. The molecule has 1 aromatic rings. The van der Waals surface area contributed by atoms with E-state index in [0.29, 0.717) is 37.4 Å². The lowest BCUT2D eigenvalue weighted by Crippen LogP contribution is -2.47. The van der Waals surface area contributed by atoms with Crippen LogP contribution in [0.15, 0.2) is 11.6 Å². The molecule has 2 aliphatic rings. The van der Waals surface area contributed by atoms with Gasteiger partial charge in [0.1, 0.15) is 0 Å². The Morgan fingerprint density at radius 2 is 1.96 bits per heavy atom. The predicted molar refractivity (Wildman–Crippen MR) is 106 cm³/mol. The van der Waals surface area contributed by atoms with E-state index in [2.05, 4.69) is 18.8 Å². The van der Waals surface area contributed by atoms with Gasteiger partial charge in [0.15, 0.2) is 5.13 Å². The van der Waals surface area contributed by atoms with Gasteiger partial charge in [0.25, 0.3) is 5.91 Å². The largest absolute Gasteiger partial charge is 0.378 e. The van der Waals surface area contributed by atoms with Crippen molar-refractivity contribution >= 4 is 34.2 Å². The summed E-state index contributed by atoms with van der Waals surface area (Å²) in [6.07, 6.45) is 2.30. The van der Waals surface area contributed by atoms with Crippen molar-refractivity contribution in [2.75, 3.05) is 31.2 Å². The highest BCUT2D eigenvalue weighted by Gasteiger charge is 2.61. The highest BCUT2D eigenvalue weighted by atomic mass is 32.1. The van der Waals surface area contributed by atoms with Crippen molar-refractivity contribution in [2.45, 2.75) is 33.2 Å². The van der Waals surface area contributed by atoms with Gasteiger partial charge in [0.2, 0.25) is 11.8 Å². The van der Waals surface area contributed by atoms with E-state index < -0.39 is 23.8 Å². The second-order valence-electron chi connectivity index (χ2n) is 7.90. The van der Waals surface area contributed by atoms with Crippen LogP contribution in [-0.4, -0.2) is 60.0 Å². The van der Waals surface area contributed by atoms with Crippen molar-refractivity contribution in [2.24, 2.45) is 29.4 Å². The van der Waals surface area contributed by atoms with Crippen molar-refractivity contribution < 1.29 is 19.1 Å². The van der Waals surface area contributed by atoms with Gasteiger partial charge < -0.3 is 15.4 Å². The minimum atomic E-state index is -0.830. The third kappa shape index (κ3) is 4.26. The third-order valence-corrected chi connectivity index (χ3v) is 6.00. The summed E-state index contributed by atoms with van der Waals surface area (Å²) < 4.78 is 5.33. The van der Waals surface area contributed by atoms with E-state index in [4.69, 9.17) is 10.5 Å². The highest BCUT2D eigenvalue weighted by molar-refractivity contribution is 7.14. The molecule has 1 aliphatic carbocycles. The van der Waals surface area contributed by atoms with Gasteiger partial charge in [-0.25, -0.2) is 9.88 Å². The Bertz CT molecular complexity index is 716. The van der Waals surface area contributed by atoms with Gasteiger partial charge >= 0.3 is 0 Å². The Balaban J connectivity index is 1.83. The molecule has 1 unspecified atom stereocenters. The minimum absolute atomic E-state index is 0.0142. The number of thiazole rings is 1. The lowest BCUT2D eigenvalue weighted by Gasteiger charge is -2.27. The Hall–Kier alpha value is -1.84. The smallest absolute Gasteiger partial charge is 0.252 e. The number of aromatic nitrogens is 1. The SMILES string of the molecule is CC(C)C[C@@H]1C(C(=O)N2CCOCC2)[C@@H]1C(=O)N(C(=O)[C@@H](C)N)c1nccs1. The number of morpholine rings is 1. The molecule has 1 aromatic heterocycles. The molecule has 28 heavy (non-hydrogen) atoms. The molecule has 4 atom stereocenters. The van der Waals surface area contributed by atoms with Crippen LogP contribution in [0, 0.1) is 23.7 Å². The number of amides is 3. The molecule has 8 nitrogen and oxygen atoms in total. The predicted octanol–water partition coefficient (Wildman–Crippen LogP) is 1.12. The fourth-order valence-corrected chi connectivity index (χ4v) is 4.51. The van der Waals surface area contributed by atoms with Crippen LogP contribution in [-0.2, 0) is 19.1 Å². The Kier molecular flexibility index (Phi) is 6.47. The maximum Gasteiger partial charge on any atom is 0.252 e. The molecule has 1 aliphatic heterocycles. The van der Waals surface area contributed by atoms with E-state index in [9.17, 15) is 14.4 Å². The molecule has 0 radical (unpaired) electrons. The van der Waals surface area contributed by atoms with E-state index in [-0.39, 0.29) is 17.7 Å². The molecule has 3 rings (SSSR count). The van der Waals surface area contributed by atoms with Crippen molar-refractivity contribution in [3.63, 3.8) is 0 Å². The second-order valence-corrected chi connectivity index (χ2v) is 8.77. The molecule has 9 heteroatoms. The number of ether oxygens (including phenoxy) is 1. The second kappa shape index (κ2) is 8.67. The molecule has 2 N–H and O–H groups in total. The quantitative estimate of drug-likeness (QED) is 0.756. The fourth-order valence-electron chi connectivity index (χ4n) is 3.86. The molecular formula is C19H28N4O4S. The maximum absolute atomic E-state index is 13.4. The Labute approximate surface area is 169 Å². The minimum Gasteiger partial charge on any atom is -0.378 e. The number of rotatable bonds is 6. The number of anilines is 1. The summed E-state index contributed by atoms with van der Waals surface area (Å²) in [6, 6.07) is -0.830. The van der Waals surface area contributed by atoms with Crippen LogP contribution < -0.4 is 10.6 Å². The van der Waals surface area contributed by atoms with Gasteiger partial charge in [-0.1, -0.05) is 13.8 Å². The first kappa shape index (κ1) is 20.9. The van der Waals surface area contributed by atoms with Gasteiger partial charge in [-0.15, -0.1) is 11.3 Å². The molecule has 2 fully saturated rings. The number of nitrogens with two attached hydrogens (primary N) is 1. The summed E-state index contributed by atoms with van der Waals surface area (Å²) in [4.78, 5) is 46.1. The van der Waals surface area contributed by atoms with Crippen LogP contribution in [0.1, 0.15) is 27.2 Å². The molecule has 1 saturated carbocycles. The first-order chi connectivity index (χ1) is 13.3. The first-order valence-corrected chi connectivity index (χ1v) is 10.6. The van der Waals surface area contributed by atoms with Crippen LogP contribution in [0.25, 0.3) is 0 Å². The molecule has 1 saturated heterocycles. The fraction of sp³-hybridized carbons (Fsp3) is 0.684. The zero-order chi connectivity index (χ0) is 20.4. The van der Waals surface area contributed by atoms with E-state index in [1.165, 1.54) is 11.3 Å². The van der Waals surface area contributed by atoms with Gasteiger partial charge in [0.05, 0.1) is 31.1 Å². The van der Waals surface area contributed by atoms with E-state index in [1.54, 1.807) is 23.4 Å². The van der Waals surface area contributed by atoms with E-state index in [1.807, 2.05) is 0 Å². The van der Waals surface area contributed by atoms with Crippen LogP contribution >= 0.6 is 11.3 Å². The normalized spacial score (nSPS) is 25.5. The lowest BCUT2D eigenvalue weighted by molar-refractivity contribution is -0.138. The Morgan fingerprint density at radius 1 is 1.29 bits per heavy atom. The average Bonchev–Trinajstić information content (AvgIpc) is 3.09. The summed E-state index contributed by atoms with van der Waals surface area (Å²) >= 11 is 1.21. The average molecular weight is 409 g/mol. The zero-order valence-electron chi connectivity index (χ0n) is 16.5. The summed E-state index contributed by atoms with van der Waals surface area (Å²) in [7, 11) is 0. The van der Waals surface area contributed by atoms with Crippen molar-refractivity contribution in [1.82, 2.24) is 9.88 Å². The molecule has 3 amide bonds. The summed E-state index contributed by atoms with van der Waals surface area (Å²) in [5, 5.41) is 2.01. The lowest BCUT2D eigenvalue weighted by atomic mass is 10.0. The molecule has 2 heterocycles. The summed E-state index contributed by atoms with van der Waals surface area (Å²) in [5.74, 6) is -1.49. The van der Waals surface area contributed by atoms with Gasteiger partial charge in [-0.3, -0.25) is 14.4 Å². The zero-order valence-corrected chi connectivity index (χ0v) is 17.4. The van der Waals surface area contributed by atoms with Gasteiger partial charge in [-0.05, 0) is 25.2 Å². The maximum atomic E-state index is 13.4. The Morgan fingerprint density at radius 3 is 2.50 bits per heavy atom. The van der Waals surface area contributed by atoms with Crippen LogP contribution in [0.5, 0.6) is 0 Å². The van der Waals surface area contributed by atoms with Crippen molar-refractivity contribution in [1.29, 1.82) is 0 Å². The molecule has 0 bridgehead atoms. The van der Waals surface area contributed by atoms with Crippen LogP contribution in [0.4, 0.5) is 5.13 Å².